The van der Waals surface area contributed by atoms with Crippen molar-refractivity contribution in [2.45, 2.75) is 38.3 Å². The van der Waals surface area contributed by atoms with Gasteiger partial charge in [0.2, 0.25) is 0 Å². The van der Waals surface area contributed by atoms with Crippen LogP contribution in [0.2, 0.25) is 0 Å². The molecule has 2 aliphatic heterocycles. The molecule has 2 atom stereocenters. The lowest BCUT2D eigenvalue weighted by Gasteiger charge is -2.40. The molecule has 2 saturated heterocycles. The van der Waals surface area contributed by atoms with E-state index in [4.69, 9.17) is 10.4 Å². The molecule has 178 valence electrons. The molecule has 0 spiro atoms. The Hall–Kier alpha value is -3.45. The van der Waals surface area contributed by atoms with Crippen molar-refractivity contribution in [3.63, 3.8) is 0 Å². The second-order valence-corrected chi connectivity index (χ2v) is 10.4. The maximum Gasteiger partial charge on any atom is 0.163 e. The van der Waals surface area contributed by atoms with Gasteiger partial charge in [0.15, 0.2) is 5.82 Å². The molecule has 7 heteroatoms. The molecule has 2 N–H and O–H groups in total. The van der Waals surface area contributed by atoms with Crippen LogP contribution in [0.25, 0.3) is 39.3 Å². The molecule has 3 fully saturated rings. The van der Waals surface area contributed by atoms with Crippen molar-refractivity contribution in [3.8, 4) is 11.5 Å². The molecule has 0 bridgehead atoms. The van der Waals surface area contributed by atoms with E-state index in [2.05, 4.69) is 56.7 Å². The summed E-state index contributed by atoms with van der Waals surface area (Å²) >= 11 is 0. The highest BCUT2D eigenvalue weighted by atomic mass is 15.2. The second kappa shape index (κ2) is 8.05. The average Bonchev–Trinajstić information content (AvgIpc) is 3.29. The number of pyridine rings is 1. The van der Waals surface area contributed by atoms with E-state index < -0.39 is 0 Å². The number of benzene rings is 1. The number of hydrogen-bond acceptors (Lipinski definition) is 5. The van der Waals surface area contributed by atoms with Gasteiger partial charge < -0.3 is 14.8 Å². The van der Waals surface area contributed by atoms with E-state index in [1.807, 2.05) is 16.8 Å². The maximum absolute atomic E-state index is 8.21. The number of nitrogens with one attached hydrogen (secondary N) is 2. The van der Waals surface area contributed by atoms with Gasteiger partial charge in [-0.05, 0) is 73.4 Å². The van der Waals surface area contributed by atoms with Crippen LogP contribution in [0.4, 0.5) is 0 Å². The average molecular weight is 466 g/mol. The molecule has 7 rings (SSSR count). The number of rotatable bonds is 6. The standard InChI is InChI=1S/C28H31N7/c1-18(33-11-3-5-22-14-30-15-26(22)33)20-8-9-24-23(12-20)32-28(35(24)17-29)25-13-21-4-2-10-31-27(21)34(25)16-19-6-7-19/h2,4,8-10,12-13,17,19,22,26,29-30H,1,3,5-7,11,14-16H2/t22-,26+/m0/s1. The summed E-state index contributed by atoms with van der Waals surface area (Å²) in [7, 11) is 0. The Morgan fingerprint density at radius 2 is 2.09 bits per heavy atom. The van der Waals surface area contributed by atoms with Gasteiger partial charge in [0.1, 0.15) is 5.65 Å². The Balaban J connectivity index is 1.31. The molecule has 5 heterocycles. The summed E-state index contributed by atoms with van der Waals surface area (Å²) in [5.74, 6) is 2.22. The lowest BCUT2D eigenvalue weighted by molar-refractivity contribution is 0.195. The molecule has 0 amide bonds. The van der Waals surface area contributed by atoms with Crippen molar-refractivity contribution >= 4 is 34.1 Å². The molecule has 7 nitrogen and oxygen atoms in total. The summed E-state index contributed by atoms with van der Waals surface area (Å²) in [5, 5.41) is 12.9. The van der Waals surface area contributed by atoms with Crippen LogP contribution >= 0.6 is 0 Å². The van der Waals surface area contributed by atoms with Gasteiger partial charge in [-0.3, -0.25) is 9.98 Å². The van der Waals surface area contributed by atoms with Gasteiger partial charge in [-0.15, -0.1) is 0 Å². The van der Waals surface area contributed by atoms with E-state index in [1.165, 1.54) is 32.0 Å². The Kier molecular flexibility index (Phi) is 4.81. The minimum atomic E-state index is 0.535. The fourth-order valence-electron chi connectivity index (χ4n) is 6.17. The van der Waals surface area contributed by atoms with E-state index in [0.717, 1.165) is 76.9 Å². The minimum Gasteiger partial charge on any atom is -0.367 e. The summed E-state index contributed by atoms with van der Waals surface area (Å²) in [4.78, 5) is 12.3. The minimum absolute atomic E-state index is 0.535. The third-order valence-electron chi connectivity index (χ3n) is 8.20. The topological polar surface area (TPSA) is 74.8 Å². The molecule has 0 radical (unpaired) electrons. The summed E-state index contributed by atoms with van der Waals surface area (Å²) in [6.45, 7) is 8.68. The van der Waals surface area contributed by atoms with Gasteiger partial charge in [0, 0.05) is 49.5 Å². The predicted molar refractivity (Wildman–Crippen MR) is 140 cm³/mol. The van der Waals surface area contributed by atoms with E-state index in [1.54, 1.807) is 0 Å². The summed E-state index contributed by atoms with van der Waals surface area (Å²) in [6.07, 6.45) is 8.30. The summed E-state index contributed by atoms with van der Waals surface area (Å²) < 4.78 is 4.20. The van der Waals surface area contributed by atoms with Crippen molar-refractivity contribution in [1.29, 1.82) is 5.41 Å². The van der Waals surface area contributed by atoms with Crippen LogP contribution in [0.15, 0.2) is 49.2 Å². The lowest BCUT2D eigenvalue weighted by Crippen LogP contribution is -2.43. The molecular formula is C28H31N7. The molecule has 35 heavy (non-hydrogen) atoms. The van der Waals surface area contributed by atoms with Crippen LogP contribution in [0, 0.1) is 17.2 Å². The molecule has 4 aromatic rings. The monoisotopic (exact) mass is 465 g/mol. The van der Waals surface area contributed by atoms with Gasteiger partial charge in [0.25, 0.3) is 0 Å². The largest absolute Gasteiger partial charge is 0.367 e. The van der Waals surface area contributed by atoms with Crippen molar-refractivity contribution in [2.24, 2.45) is 11.8 Å². The third-order valence-corrected chi connectivity index (χ3v) is 8.20. The molecule has 3 aliphatic rings. The fourth-order valence-corrected chi connectivity index (χ4v) is 6.17. The van der Waals surface area contributed by atoms with Crippen LogP contribution in [0.3, 0.4) is 0 Å². The van der Waals surface area contributed by atoms with E-state index >= 15 is 0 Å². The maximum atomic E-state index is 8.21. The Morgan fingerprint density at radius 1 is 1.17 bits per heavy atom. The molecule has 1 aliphatic carbocycles. The normalized spacial score (nSPS) is 22.1. The number of imidazole rings is 1. The zero-order valence-electron chi connectivity index (χ0n) is 20.0. The Bertz CT molecular complexity index is 1460. The number of fused-ring (bicyclic) bond motifs is 3. The Morgan fingerprint density at radius 3 is 2.94 bits per heavy atom. The zero-order valence-corrected chi connectivity index (χ0v) is 20.0. The van der Waals surface area contributed by atoms with Crippen LogP contribution < -0.4 is 5.32 Å². The van der Waals surface area contributed by atoms with Crippen LogP contribution in [0.1, 0.15) is 31.2 Å². The molecular weight excluding hydrogens is 434 g/mol. The van der Waals surface area contributed by atoms with Crippen LogP contribution in [-0.2, 0) is 6.54 Å². The van der Waals surface area contributed by atoms with Crippen LogP contribution in [-0.4, -0.2) is 56.0 Å². The van der Waals surface area contributed by atoms with Gasteiger partial charge in [-0.25, -0.2) is 9.97 Å². The molecule has 0 unspecified atom stereocenters. The first-order valence-corrected chi connectivity index (χ1v) is 12.8. The highest BCUT2D eigenvalue weighted by molar-refractivity contribution is 5.92. The smallest absolute Gasteiger partial charge is 0.163 e. The van der Waals surface area contributed by atoms with E-state index in [0.29, 0.717) is 12.0 Å². The first-order valence-electron chi connectivity index (χ1n) is 12.8. The van der Waals surface area contributed by atoms with Gasteiger partial charge >= 0.3 is 0 Å². The first kappa shape index (κ1) is 20.9. The summed E-state index contributed by atoms with van der Waals surface area (Å²) in [6, 6.07) is 13.2. The van der Waals surface area contributed by atoms with Crippen LogP contribution in [0.5, 0.6) is 0 Å². The van der Waals surface area contributed by atoms with Crippen molar-refractivity contribution in [2.75, 3.05) is 19.6 Å². The van der Waals surface area contributed by atoms with Crippen molar-refractivity contribution in [1.82, 2.24) is 29.3 Å². The second-order valence-electron chi connectivity index (χ2n) is 10.4. The number of hydrogen-bond donors (Lipinski definition) is 2. The molecule has 1 saturated carbocycles. The molecule has 1 aromatic carbocycles. The third kappa shape index (κ3) is 3.40. The highest BCUT2D eigenvalue weighted by Gasteiger charge is 2.35. The number of piperidine rings is 1. The fraction of sp³-hybridized carbons (Fsp3) is 0.393. The zero-order chi connectivity index (χ0) is 23.5. The molecule has 3 aromatic heterocycles. The lowest BCUT2D eigenvalue weighted by atomic mass is 9.91. The van der Waals surface area contributed by atoms with Gasteiger partial charge in [-0.1, -0.05) is 12.6 Å². The van der Waals surface area contributed by atoms with Gasteiger partial charge in [-0.2, -0.15) is 0 Å². The Labute approximate surface area is 205 Å². The van der Waals surface area contributed by atoms with E-state index in [9.17, 15) is 0 Å². The number of likely N-dealkylation sites (tertiary alicyclic amines) is 1. The van der Waals surface area contributed by atoms with E-state index in [-0.39, 0.29) is 0 Å². The number of aromatic nitrogens is 4. The highest BCUT2D eigenvalue weighted by Crippen LogP contribution is 2.37. The summed E-state index contributed by atoms with van der Waals surface area (Å²) in [5.41, 5.74) is 6.08. The quantitative estimate of drug-likeness (QED) is 0.323. The predicted octanol–water partition coefficient (Wildman–Crippen LogP) is 4.57. The SMILES string of the molecule is C=C(c1ccc2c(c1)nc(-c1cc3cccnc3n1CC1CC1)n2C=N)N1CCC[C@H]2CNC[C@H]21. The van der Waals surface area contributed by atoms with Crippen molar-refractivity contribution < 1.29 is 0 Å². The first-order chi connectivity index (χ1) is 17.2. The number of nitrogens with zero attached hydrogens (tertiary/aromatic N) is 5. The van der Waals surface area contributed by atoms with Gasteiger partial charge in [0.05, 0.1) is 23.1 Å². The van der Waals surface area contributed by atoms with Crippen molar-refractivity contribution in [3.05, 3.63) is 54.7 Å².